The van der Waals surface area contributed by atoms with Gasteiger partial charge in [0.05, 0.1) is 16.4 Å². The third kappa shape index (κ3) is 3.14. The van der Waals surface area contributed by atoms with Crippen LogP contribution < -0.4 is 10.2 Å². The minimum Gasteiger partial charge on any atom is -0.378 e. The summed E-state index contributed by atoms with van der Waals surface area (Å²) < 4.78 is 0. The molecule has 0 bridgehead atoms. The van der Waals surface area contributed by atoms with Crippen LogP contribution >= 0.6 is 22.9 Å². The molecule has 90 valence electrons. The van der Waals surface area contributed by atoms with Crippen molar-refractivity contribution in [1.82, 2.24) is 0 Å². The van der Waals surface area contributed by atoms with Crippen LogP contribution in [0.1, 0.15) is 4.88 Å². The molecule has 1 aromatic heterocycles. The van der Waals surface area contributed by atoms with Crippen LogP contribution in [0.3, 0.4) is 0 Å². The molecule has 4 heteroatoms. The summed E-state index contributed by atoms with van der Waals surface area (Å²) in [7, 11) is 4.09. The fourth-order valence-electron chi connectivity index (χ4n) is 1.64. The van der Waals surface area contributed by atoms with E-state index in [1.165, 1.54) is 10.6 Å². The van der Waals surface area contributed by atoms with Gasteiger partial charge in [-0.1, -0.05) is 23.7 Å². The van der Waals surface area contributed by atoms with E-state index in [0.29, 0.717) is 0 Å². The molecule has 1 N–H and O–H groups in total. The molecule has 0 aliphatic heterocycles. The van der Waals surface area contributed by atoms with Crippen molar-refractivity contribution in [3.63, 3.8) is 0 Å². The molecular formula is C13H15ClN2S. The maximum Gasteiger partial charge on any atom is 0.0596 e. The second kappa shape index (κ2) is 5.43. The molecule has 0 aliphatic carbocycles. The highest BCUT2D eigenvalue weighted by Gasteiger charge is 2.03. The van der Waals surface area contributed by atoms with Crippen molar-refractivity contribution in [3.8, 4) is 0 Å². The molecule has 1 aromatic carbocycles. The van der Waals surface area contributed by atoms with Gasteiger partial charge in [0, 0.05) is 30.9 Å². The van der Waals surface area contributed by atoms with Crippen molar-refractivity contribution in [3.05, 3.63) is 45.6 Å². The van der Waals surface area contributed by atoms with Crippen molar-refractivity contribution in [2.24, 2.45) is 0 Å². The molecule has 0 saturated heterocycles. The topological polar surface area (TPSA) is 15.3 Å². The standard InChI is InChI=1S/C13H15ClN2S/c1-16(2)13-6-4-3-5-12(13)15-8-11-7-10(14)9-17-11/h3-7,9,15H,8H2,1-2H3. The van der Waals surface area contributed by atoms with E-state index in [4.69, 9.17) is 11.6 Å². The molecular weight excluding hydrogens is 252 g/mol. The first-order valence-corrected chi connectivity index (χ1v) is 6.65. The van der Waals surface area contributed by atoms with E-state index in [-0.39, 0.29) is 0 Å². The van der Waals surface area contributed by atoms with Crippen molar-refractivity contribution >= 4 is 34.3 Å². The SMILES string of the molecule is CN(C)c1ccccc1NCc1cc(Cl)cs1. The molecule has 0 fully saturated rings. The Kier molecular flexibility index (Phi) is 3.92. The quantitative estimate of drug-likeness (QED) is 0.897. The largest absolute Gasteiger partial charge is 0.378 e. The Morgan fingerprint density at radius 1 is 1.29 bits per heavy atom. The maximum absolute atomic E-state index is 5.90. The summed E-state index contributed by atoms with van der Waals surface area (Å²) >= 11 is 7.57. The minimum absolute atomic E-state index is 0.808. The van der Waals surface area contributed by atoms with Gasteiger partial charge in [0.1, 0.15) is 0 Å². The van der Waals surface area contributed by atoms with Crippen molar-refractivity contribution in [1.29, 1.82) is 0 Å². The third-order valence-corrected chi connectivity index (χ3v) is 3.75. The molecule has 0 unspecified atom stereocenters. The molecule has 17 heavy (non-hydrogen) atoms. The van der Waals surface area contributed by atoms with E-state index in [1.54, 1.807) is 11.3 Å². The van der Waals surface area contributed by atoms with Gasteiger partial charge in [0.2, 0.25) is 0 Å². The van der Waals surface area contributed by atoms with Gasteiger partial charge >= 0.3 is 0 Å². The molecule has 0 aliphatic rings. The summed E-state index contributed by atoms with van der Waals surface area (Å²) in [6, 6.07) is 10.3. The molecule has 2 rings (SSSR count). The number of hydrogen-bond acceptors (Lipinski definition) is 3. The Balaban J connectivity index is 2.08. The number of nitrogens with zero attached hydrogens (tertiary/aromatic N) is 1. The van der Waals surface area contributed by atoms with Gasteiger partial charge in [-0.05, 0) is 18.2 Å². The summed E-state index contributed by atoms with van der Waals surface area (Å²) in [5.41, 5.74) is 2.33. The summed E-state index contributed by atoms with van der Waals surface area (Å²) in [5, 5.41) is 6.20. The predicted octanol–water partition coefficient (Wildman–Crippen LogP) is 4.08. The molecule has 1 heterocycles. The molecule has 0 spiro atoms. The second-order valence-electron chi connectivity index (χ2n) is 4.00. The van der Waals surface area contributed by atoms with Gasteiger partial charge in [0.25, 0.3) is 0 Å². The summed E-state index contributed by atoms with van der Waals surface area (Å²) in [6.07, 6.45) is 0. The van der Waals surface area contributed by atoms with E-state index in [2.05, 4.69) is 22.3 Å². The number of nitrogens with one attached hydrogen (secondary N) is 1. The van der Waals surface area contributed by atoms with E-state index < -0.39 is 0 Å². The number of thiophene rings is 1. The van der Waals surface area contributed by atoms with E-state index >= 15 is 0 Å². The molecule has 2 nitrogen and oxygen atoms in total. The fraction of sp³-hybridized carbons (Fsp3) is 0.231. The Morgan fingerprint density at radius 2 is 2.06 bits per heavy atom. The van der Waals surface area contributed by atoms with Gasteiger partial charge in [-0.15, -0.1) is 11.3 Å². The van der Waals surface area contributed by atoms with Crippen LogP contribution in [0.5, 0.6) is 0 Å². The summed E-state index contributed by atoms with van der Waals surface area (Å²) in [6.45, 7) is 0.808. The van der Waals surface area contributed by atoms with Crippen LogP contribution in [-0.2, 0) is 6.54 Å². The highest BCUT2D eigenvalue weighted by molar-refractivity contribution is 7.10. The van der Waals surface area contributed by atoms with Gasteiger partial charge in [-0.3, -0.25) is 0 Å². The lowest BCUT2D eigenvalue weighted by Crippen LogP contribution is -2.11. The maximum atomic E-state index is 5.90. The average molecular weight is 267 g/mol. The van der Waals surface area contributed by atoms with Crippen LogP contribution in [0.15, 0.2) is 35.7 Å². The monoisotopic (exact) mass is 266 g/mol. The Morgan fingerprint density at radius 3 is 2.71 bits per heavy atom. The predicted molar refractivity (Wildman–Crippen MR) is 77.4 cm³/mol. The lowest BCUT2D eigenvalue weighted by Gasteiger charge is -2.18. The summed E-state index contributed by atoms with van der Waals surface area (Å²) in [4.78, 5) is 3.34. The van der Waals surface area contributed by atoms with E-state index in [0.717, 1.165) is 17.3 Å². The normalized spacial score (nSPS) is 10.3. The zero-order chi connectivity index (χ0) is 12.3. The molecule has 0 atom stereocenters. The number of halogens is 1. The lowest BCUT2D eigenvalue weighted by atomic mass is 10.2. The number of para-hydroxylation sites is 2. The minimum atomic E-state index is 0.808. The highest BCUT2D eigenvalue weighted by atomic mass is 35.5. The average Bonchev–Trinajstić information content (AvgIpc) is 2.73. The number of rotatable bonds is 4. The smallest absolute Gasteiger partial charge is 0.0596 e. The Hall–Kier alpha value is -1.19. The molecule has 0 amide bonds. The van der Waals surface area contributed by atoms with Crippen molar-refractivity contribution in [2.45, 2.75) is 6.54 Å². The number of hydrogen-bond donors (Lipinski definition) is 1. The van der Waals surface area contributed by atoms with Crippen LogP contribution in [-0.4, -0.2) is 14.1 Å². The zero-order valence-electron chi connectivity index (χ0n) is 9.90. The lowest BCUT2D eigenvalue weighted by molar-refractivity contribution is 1.11. The first-order valence-electron chi connectivity index (χ1n) is 5.40. The molecule has 2 aromatic rings. The highest BCUT2D eigenvalue weighted by Crippen LogP contribution is 2.25. The second-order valence-corrected chi connectivity index (χ2v) is 5.43. The van der Waals surface area contributed by atoms with Gasteiger partial charge in [-0.2, -0.15) is 0 Å². The van der Waals surface area contributed by atoms with Crippen molar-refractivity contribution in [2.75, 3.05) is 24.3 Å². The first-order chi connectivity index (χ1) is 8.16. The molecule has 0 saturated carbocycles. The van der Waals surface area contributed by atoms with Gasteiger partial charge in [-0.25, -0.2) is 0 Å². The third-order valence-electron chi connectivity index (χ3n) is 2.46. The fourth-order valence-corrected chi connectivity index (χ4v) is 2.65. The zero-order valence-corrected chi connectivity index (χ0v) is 11.5. The van der Waals surface area contributed by atoms with Crippen LogP contribution in [0.25, 0.3) is 0 Å². The van der Waals surface area contributed by atoms with Crippen LogP contribution in [0.2, 0.25) is 5.02 Å². The molecule has 0 radical (unpaired) electrons. The van der Waals surface area contributed by atoms with Gasteiger partial charge in [0.15, 0.2) is 0 Å². The van der Waals surface area contributed by atoms with Crippen molar-refractivity contribution < 1.29 is 0 Å². The number of anilines is 2. The number of benzene rings is 1. The van der Waals surface area contributed by atoms with Gasteiger partial charge < -0.3 is 10.2 Å². The first kappa shape index (κ1) is 12.3. The van der Waals surface area contributed by atoms with E-state index in [9.17, 15) is 0 Å². The van der Waals surface area contributed by atoms with E-state index in [1.807, 2.05) is 37.7 Å². The summed E-state index contributed by atoms with van der Waals surface area (Å²) in [5.74, 6) is 0. The van der Waals surface area contributed by atoms with Crippen LogP contribution in [0, 0.1) is 0 Å². The Bertz CT molecular complexity index is 494. The Labute approximate surface area is 111 Å². The van der Waals surface area contributed by atoms with Crippen LogP contribution in [0.4, 0.5) is 11.4 Å².